The van der Waals surface area contributed by atoms with Crippen molar-refractivity contribution < 1.29 is 4.58 Å². The molecule has 0 aliphatic rings. The molecule has 2 nitrogen and oxygen atoms in total. The molecule has 0 saturated heterocycles. The maximum Gasteiger partial charge on any atom is 0.186 e. The summed E-state index contributed by atoms with van der Waals surface area (Å²) >= 11 is 0. The normalized spacial score (nSPS) is 9.50. The van der Waals surface area contributed by atoms with Crippen molar-refractivity contribution >= 4 is 6.21 Å². The third-order valence-corrected chi connectivity index (χ3v) is 1.25. The van der Waals surface area contributed by atoms with Crippen LogP contribution in [0.1, 0.15) is 11.4 Å². The van der Waals surface area contributed by atoms with E-state index in [1.807, 2.05) is 31.8 Å². The minimum atomic E-state index is 1.16. The lowest BCUT2D eigenvalue weighted by molar-refractivity contribution is -0.458. The molecule has 2 heteroatoms. The third kappa shape index (κ3) is 1.72. The molecule has 0 amide bonds. The Morgan fingerprint density at radius 2 is 2.10 bits per heavy atom. The number of hydrogen-bond acceptors (Lipinski definition) is 0. The van der Waals surface area contributed by atoms with Crippen LogP contribution in [0, 0.1) is 6.92 Å². The van der Waals surface area contributed by atoms with Crippen molar-refractivity contribution in [3.8, 4) is 0 Å². The molecular weight excluding hydrogens is 124 g/mol. The summed E-state index contributed by atoms with van der Waals surface area (Å²) in [6.07, 6.45) is 2.05. The van der Waals surface area contributed by atoms with Crippen LogP contribution in [0.5, 0.6) is 0 Å². The lowest BCUT2D eigenvalue weighted by atomic mass is 10.4. The summed E-state index contributed by atoms with van der Waals surface area (Å²) in [6, 6.07) is 4.13. The van der Waals surface area contributed by atoms with Crippen molar-refractivity contribution in [3.63, 3.8) is 0 Å². The van der Waals surface area contributed by atoms with Crippen LogP contribution in [-0.2, 0) is 0 Å². The standard InChI is InChI=1S/C8H12N2/c1-7-4-5-8(9-7)6-10(2)3/h4-6H,1-3H3/p+1. The van der Waals surface area contributed by atoms with Crippen molar-refractivity contribution in [2.75, 3.05) is 14.1 Å². The summed E-state index contributed by atoms with van der Waals surface area (Å²) in [5, 5.41) is 0. The molecule has 0 fully saturated rings. The second kappa shape index (κ2) is 2.69. The molecule has 1 aromatic rings. The lowest BCUT2D eigenvalue weighted by Crippen LogP contribution is -1.99. The quantitative estimate of drug-likeness (QED) is 0.440. The fourth-order valence-electron chi connectivity index (χ4n) is 0.879. The van der Waals surface area contributed by atoms with Crippen molar-refractivity contribution in [1.82, 2.24) is 4.98 Å². The minimum absolute atomic E-state index is 1.16. The molecule has 1 rings (SSSR count). The number of aromatic amines is 1. The number of aromatic nitrogens is 1. The predicted octanol–water partition coefficient (Wildman–Crippen LogP) is 1.01. The first-order valence-corrected chi connectivity index (χ1v) is 3.35. The zero-order valence-corrected chi connectivity index (χ0v) is 6.68. The Labute approximate surface area is 61.2 Å². The van der Waals surface area contributed by atoms with Crippen LogP contribution in [0.2, 0.25) is 0 Å². The Bertz CT molecular complexity index is 242. The van der Waals surface area contributed by atoms with Crippen molar-refractivity contribution in [1.29, 1.82) is 0 Å². The largest absolute Gasteiger partial charge is 0.354 e. The van der Waals surface area contributed by atoms with E-state index in [2.05, 4.69) is 17.1 Å². The second-order valence-electron chi connectivity index (χ2n) is 2.69. The van der Waals surface area contributed by atoms with Gasteiger partial charge >= 0.3 is 0 Å². The zero-order valence-electron chi connectivity index (χ0n) is 6.68. The van der Waals surface area contributed by atoms with E-state index in [1.165, 1.54) is 5.69 Å². The van der Waals surface area contributed by atoms with Crippen LogP contribution in [0.4, 0.5) is 0 Å². The molecule has 1 aromatic heterocycles. The van der Waals surface area contributed by atoms with Gasteiger partial charge in [-0.25, -0.2) is 4.58 Å². The van der Waals surface area contributed by atoms with Crippen molar-refractivity contribution in [2.24, 2.45) is 0 Å². The molecule has 0 radical (unpaired) electrons. The average molecular weight is 137 g/mol. The van der Waals surface area contributed by atoms with Gasteiger partial charge in [0.25, 0.3) is 0 Å². The molecule has 10 heavy (non-hydrogen) atoms. The fourth-order valence-corrected chi connectivity index (χ4v) is 0.879. The van der Waals surface area contributed by atoms with E-state index in [0.29, 0.717) is 0 Å². The van der Waals surface area contributed by atoms with E-state index in [0.717, 1.165) is 5.69 Å². The second-order valence-corrected chi connectivity index (χ2v) is 2.69. The van der Waals surface area contributed by atoms with Gasteiger partial charge in [0.15, 0.2) is 6.21 Å². The monoisotopic (exact) mass is 137 g/mol. The molecule has 1 N–H and O–H groups in total. The molecule has 0 saturated carbocycles. The van der Waals surface area contributed by atoms with Gasteiger partial charge in [-0.15, -0.1) is 0 Å². The number of nitrogens with one attached hydrogen (secondary N) is 1. The zero-order chi connectivity index (χ0) is 7.56. The number of hydrogen-bond donors (Lipinski definition) is 1. The van der Waals surface area contributed by atoms with Crippen LogP contribution < -0.4 is 0 Å². The first-order chi connectivity index (χ1) is 4.68. The highest BCUT2D eigenvalue weighted by atomic mass is 14.9. The molecule has 0 aliphatic heterocycles. The first kappa shape index (κ1) is 7.06. The highest BCUT2D eigenvalue weighted by Crippen LogP contribution is 1.95. The maximum atomic E-state index is 3.21. The Kier molecular flexibility index (Phi) is 1.90. The average Bonchev–Trinajstić information content (AvgIpc) is 2.13. The van der Waals surface area contributed by atoms with Gasteiger partial charge in [-0.1, -0.05) is 0 Å². The van der Waals surface area contributed by atoms with Gasteiger partial charge in [0.2, 0.25) is 0 Å². The number of aryl methyl sites for hydroxylation is 1. The number of nitrogens with zero attached hydrogens (tertiary/aromatic N) is 1. The smallest absolute Gasteiger partial charge is 0.186 e. The summed E-state index contributed by atoms with van der Waals surface area (Å²) in [6.45, 7) is 2.05. The van der Waals surface area contributed by atoms with Crippen LogP contribution in [-0.4, -0.2) is 29.9 Å². The lowest BCUT2D eigenvalue weighted by Gasteiger charge is -1.83. The number of rotatable bonds is 1. The Morgan fingerprint density at radius 1 is 1.40 bits per heavy atom. The van der Waals surface area contributed by atoms with E-state index in [-0.39, 0.29) is 0 Å². The molecule has 0 atom stereocenters. The van der Waals surface area contributed by atoms with Gasteiger partial charge < -0.3 is 4.98 Å². The molecule has 0 aliphatic carbocycles. The van der Waals surface area contributed by atoms with E-state index in [9.17, 15) is 0 Å². The summed E-state index contributed by atoms with van der Waals surface area (Å²) in [5.74, 6) is 0. The van der Waals surface area contributed by atoms with Gasteiger partial charge in [0.05, 0.1) is 0 Å². The summed E-state index contributed by atoms with van der Waals surface area (Å²) < 4.78 is 2.02. The molecule has 1 heterocycles. The van der Waals surface area contributed by atoms with Crippen LogP contribution in [0.25, 0.3) is 0 Å². The molecule has 0 unspecified atom stereocenters. The fraction of sp³-hybridized carbons (Fsp3) is 0.375. The predicted molar refractivity (Wildman–Crippen MR) is 42.8 cm³/mol. The SMILES string of the molecule is Cc1ccc(C=[N+](C)C)[nH]1. The maximum absolute atomic E-state index is 3.21. The Morgan fingerprint density at radius 3 is 2.50 bits per heavy atom. The van der Waals surface area contributed by atoms with Crippen LogP contribution in [0.3, 0.4) is 0 Å². The van der Waals surface area contributed by atoms with Crippen molar-refractivity contribution in [2.45, 2.75) is 6.92 Å². The number of H-pyrrole nitrogens is 1. The highest BCUT2D eigenvalue weighted by molar-refractivity contribution is 5.72. The van der Waals surface area contributed by atoms with Crippen LogP contribution >= 0.6 is 0 Å². The Hall–Kier alpha value is -1.05. The van der Waals surface area contributed by atoms with E-state index in [1.54, 1.807) is 0 Å². The minimum Gasteiger partial charge on any atom is -0.354 e. The first-order valence-electron chi connectivity index (χ1n) is 3.35. The summed E-state index contributed by atoms with van der Waals surface area (Å²) in [5.41, 5.74) is 2.36. The topological polar surface area (TPSA) is 18.8 Å². The van der Waals surface area contributed by atoms with E-state index < -0.39 is 0 Å². The van der Waals surface area contributed by atoms with Crippen molar-refractivity contribution in [3.05, 3.63) is 23.5 Å². The third-order valence-electron chi connectivity index (χ3n) is 1.25. The summed E-state index contributed by atoms with van der Waals surface area (Å²) in [4.78, 5) is 3.21. The summed E-state index contributed by atoms with van der Waals surface area (Å²) in [7, 11) is 4.02. The Balaban J connectivity index is 2.86. The van der Waals surface area contributed by atoms with Gasteiger partial charge in [0.1, 0.15) is 19.8 Å². The molecule has 0 bridgehead atoms. The van der Waals surface area contributed by atoms with Gasteiger partial charge in [-0.05, 0) is 19.1 Å². The highest BCUT2D eigenvalue weighted by Gasteiger charge is 1.93. The van der Waals surface area contributed by atoms with Crippen LogP contribution in [0.15, 0.2) is 12.1 Å². The molecule has 0 aromatic carbocycles. The molecule has 54 valence electrons. The van der Waals surface area contributed by atoms with Gasteiger partial charge in [-0.2, -0.15) is 0 Å². The van der Waals surface area contributed by atoms with Gasteiger partial charge in [0, 0.05) is 5.69 Å². The molecule has 0 spiro atoms. The van der Waals surface area contributed by atoms with E-state index >= 15 is 0 Å². The molecular formula is C8H13N2+. The van der Waals surface area contributed by atoms with Gasteiger partial charge in [-0.3, -0.25) is 0 Å². The van der Waals surface area contributed by atoms with E-state index in [4.69, 9.17) is 0 Å².